The predicted molar refractivity (Wildman–Crippen MR) is 229 cm³/mol. The van der Waals surface area contributed by atoms with Gasteiger partial charge in [-0.15, -0.1) is 0 Å². The molecule has 0 fully saturated rings. The molecule has 0 aliphatic rings. The van der Waals surface area contributed by atoms with Gasteiger partial charge in [-0.25, -0.2) is 0 Å². The van der Waals surface area contributed by atoms with E-state index >= 15 is 0 Å². The molecule has 0 spiro atoms. The Morgan fingerprint density at radius 1 is 0.579 bits per heavy atom. The molecule has 0 aliphatic carbocycles. The van der Waals surface area contributed by atoms with Crippen LogP contribution in [-0.4, -0.2) is 49.2 Å². The third-order valence-corrected chi connectivity index (χ3v) is 9.59. The van der Waals surface area contributed by atoms with Crippen LogP contribution in [0.1, 0.15) is 102 Å². The van der Waals surface area contributed by atoms with Gasteiger partial charge in [0, 0.05) is 5.92 Å². The summed E-state index contributed by atoms with van der Waals surface area (Å²) in [5.41, 5.74) is 8.30. The van der Waals surface area contributed by atoms with Crippen LogP contribution in [0.25, 0.3) is 22.3 Å². The molecule has 0 aromatic heterocycles. The van der Waals surface area contributed by atoms with Crippen LogP contribution in [0.2, 0.25) is 0 Å². The van der Waals surface area contributed by atoms with Gasteiger partial charge in [-0.05, 0) is 95.2 Å². The van der Waals surface area contributed by atoms with Gasteiger partial charge in [0.1, 0.15) is 6.10 Å². The van der Waals surface area contributed by atoms with Gasteiger partial charge in [0.05, 0.1) is 39.1 Å². The third kappa shape index (κ3) is 15.3. The van der Waals surface area contributed by atoms with Crippen molar-refractivity contribution in [2.45, 2.75) is 99.8 Å². The molecule has 308 valence electrons. The Bertz CT molecular complexity index is 1770. The minimum Gasteiger partial charge on any atom is -0.469 e. The average molecular weight is 781 g/mol. The number of aryl methyl sites for hydroxylation is 2. The maximum Gasteiger partial charge on any atom is 0.307 e. The lowest BCUT2D eigenvalue weighted by Crippen LogP contribution is -2.38. The molecule has 0 saturated carbocycles. The minimum atomic E-state index is -1.11. The Hall–Kier alpha value is -5.28. The number of hydrogen-bond acceptors (Lipinski definition) is 7. The highest BCUT2D eigenvalue weighted by atomic mass is 16.5. The molecule has 4 atom stereocenters. The van der Waals surface area contributed by atoms with Crippen LogP contribution in [0, 0.1) is 31.6 Å². The maximum absolute atomic E-state index is 12.7. The van der Waals surface area contributed by atoms with Gasteiger partial charge in [-0.3, -0.25) is 19.2 Å². The molecule has 2 amide bonds. The number of aliphatic hydroxyl groups is 1. The summed E-state index contributed by atoms with van der Waals surface area (Å²) in [6.45, 7) is 14.1. The number of hydrogen-bond donors (Lipinski definition) is 3. The molecule has 9 heteroatoms. The van der Waals surface area contributed by atoms with Crippen molar-refractivity contribution in [2.75, 3.05) is 14.2 Å². The van der Waals surface area contributed by atoms with Gasteiger partial charge >= 0.3 is 11.9 Å². The number of amides is 2. The van der Waals surface area contributed by atoms with E-state index in [9.17, 15) is 24.3 Å². The Kier molecular flexibility index (Phi) is 19.9. The Labute approximate surface area is 340 Å². The first-order valence-corrected chi connectivity index (χ1v) is 19.4. The van der Waals surface area contributed by atoms with Crippen LogP contribution < -0.4 is 10.6 Å². The van der Waals surface area contributed by atoms with Crippen LogP contribution in [0.5, 0.6) is 0 Å². The lowest BCUT2D eigenvalue weighted by atomic mass is 9.94. The van der Waals surface area contributed by atoms with Gasteiger partial charge in [0.25, 0.3) is 0 Å². The van der Waals surface area contributed by atoms with E-state index in [0.717, 1.165) is 45.4 Å². The summed E-state index contributed by atoms with van der Waals surface area (Å²) in [4.78, 5) is 49.0. The smallest absolute Gasteiger partial charge is 0.307 e. The second-order valence-corrected chi connectivity index (χ2v) is 15.2. The second-order valence-electron chi connectivity index (χ2n) is 15.2. The van der Waals surface area contributed by atoms with Crippen molar-refractivity contribution in [2.24, 2.45) is 17.8 Å². The molecule has 0 heterocycles. The lowest BCUT2D eigenvalue weighted by Gasteiger charge is -2.22. The van der Waals surface area contributed by atoms with Gasteiger partial charge in [0.15, 0.2) is 0 Å². The topological polar surface area (TPSA) is 131 Å². The summed E-state index contributed by atoms with van der Waals surface area (Å²) in [6.07, 6.45) is 0.154. The number of methoxy groups -OCH3 is 2. The number of esters is 2. The highest BCUT2D eigenvalue weighted by molar-refractivity contribution is 5.82. The zero-order chi connectivity index (χ0) is 41.4. The van der Waals surface area contributed by atoms with Crippen LogP contribution in [-0.2, 0) is 28.7 Å². The van der Waals surface area contributed by atoms with Crippen molar-refractivity contribution in [1.29, 1.82) is 0 Å². The van der Waals surface area contributed by atoms with Crippen molar-refractivity contribution < 1.29 is 33.8 Å². The lowest BCUT2D eigenvalue weighted by molar-refractivity contribution is -0.142. The number of benzene rings is 4. The molecular formula is C48H64N2O7. The molecule has 0 radical (unpaired) electrons. The van der Waals surface area contributed by atoms with Gasteiger partial charge in [-0.2, -0.15) is 0 Å². The van der Waals surface area contributed by atoms with Crippen LogP contribution >= 0.6 is 0 Å². The SMILES string of the molecule is C.COC(=O)C[C@H](NC(=O)[C@H](C)CC(C)C)c1cccc(-c2ccccc2C)c1.COC(=O)C[C@H](NC(=O)[C@H](O)CC(C)C)c1cccc(-c2ccccc2C)c1. The zero-order valence-corrected chi connectivity index (χ0v) is 34.4. The Morgan fingerprint density at radius 3 is 1.37 bits per heavy atom. The number of nitrogens with one attached hydrogen (secondary N) is 2. The molecule has 57 heavy (non-hydrogen) atoms. The van der Waals surface area contributed by atoms with E-state index in [1.165, 1.54) is 19.8 Å². The number of carbonyl (C=O) groups excluding carboxylic acids is 4. The van der Waals surface area contributed by atoms with E-state index in [2.05, 4.69) is 43.5 Å². The van der Waals surface area contributed by atoms with Gasteiger partial charge in [-0.1, -0.05) is 127 Å². The molecule has 4 aromatic carbocycles. The third-order valence-electron chi connectivity index (χ3n) is 9.59. The van der Waals surface area contributed by atoms with Gasteiger partial charge < -0.3 is 25.2 Å². The van der Waals surface area contributed by atoms with Crippen molar-refractivity contribution in [3.8, 4) is 22.3 Å². The summed E-state index contributed by atoms with van der Waals surface area (Å²) in [7, 11) is 2.69. The molecule has 4 aromatic rings. The second kappa shape index (κ2) is 23.7. The van der Waals surface area contributed by atoms with E-state index in [1.807, 2.05) is 113 Å². The maximum atomic E-state index is 12.7. The molecule has 0 saturated heterocycles. The van der Waals surface area contributed by atoms with Gasteiger partial charge in [0.2, 0.25) is 11.8 Å². The number of aliphatic hydroxyl groups excluding tert-OH is 1. The monoisotopic (exact) mass is 780 g/mol. The fourth-order valence-electron chi connectivity index (χ4n) is 6.59. The highest BCUT2D eigenvalue weighted by Gasteiger charge is 2.25. The van der Waals surface area contributed by atoms with E-state index in [4.69, 9.17) is 9.47 Å². The summed E-state index contributed by atoms with van der Waals surface area (Å²) in [5.74, 6) is -0.783. The molecule has 0 unspecified atom stereocenters. The standard InChI is InChI=1S/C24H31NO3.C23H29NO4.CH4/c1-16(2)13-18(4)24(27)25-22(15-23(26)28-5)20-11-8-10-19(14-20)21-12-7-6-9-17(21)3;1-15(2)12-21(25)23(27)24-20(14-22(26)28-4)18-10-7-9-17(13-18)19-11-6-5-8-16(19)3;/h6-12,14,16,18,22H,13,15H2,1-5H3,(H,25,27);5-11,13,15,20-21,25H,12,14H2,1-4H3,(H,24,27);1H4/t18-,22+;20-,21+;/m10./s1. The first-order chi connectivity index (χ1) is 26.6. The Balaban J connectivity index is 0.000000387. The van der Waals surface area contributed by atoms with E-state index < -0.39 is 30.1 Å². The minimum absolute atomic E-state index is 0. The zero-order valence-electron chi connectivity index (χ0n) is 34.4. The largest absolute Gasteiger partial charge is 0.469 e. The highest BCUT2D eigenvalue weighted by Crippen LogP contribution is 2.29. The fourth-order valence-corrected chi connectivity index (χ4v) is 6.59. The molecule has 3 N–H and O–H groups in total. The van der Waals surface area contributed by atoms with Crippen molar-refractivity contribution >= 4 is 23.8 Å². The van der Waals surface area contributed by atoms with E-state index in [0.29, 0.717) is 12.3 Å². The molecule has 4 rings (SSSR count). The summed E-state index contributed by atoms with van der Waals surface area (Å²) in [6, 6.07) is 30.9. The summed E-state index contributed by atoms with van der Waals surface area (Å²) >= 11 is 0. The molecule has 0 aliphatic heterocycles. The van der Waals surface area contributed by atoms with Crippen LogP contribution in [0.4, 0.5) is 0 Å². The van der Waals surface area contributed by atoms with Crippen molar-refractivity contribution in [3.05, 3.63) is 119 Å². The molecular weight excluding hydrogens is 717 g/mol. The number of rotatable bonds is 16. The first-order valence-electron chi connectivity index (χ1n) is 19.4. The van der Waals surface area contributed by atoms with Crippen LogP contribution in [0.15, 0.2) is 97.1 Å². The molecule has 9 nitrogen and oxygen atoms in total. The number of carbonyl (C=O) groups is 4. The van der Waals surface area contributed by atoms with Crippen LogP contribution in [0.3, 0.4) is 0 Å². The normalized spacial score (nSPS) is 12.8. The van der Waals surface area contributed by atoms with E-state index in [1.54, 1.807) is 0 Å². The average Bonchev–Trinajstić information content (AvgIpc) is 3.17. The quantitative estimate of drug-likeness (QED) is 0.0966. The first kappa shape index (κ1) is 47.9. The summed E-state index contributed by atoms with van der Waals surface area (Å²) in [5, 5.41) is 16.0. The predicted octanol–water partition coefficient (Wildman–Crippen LogP) is 9.49. The van der Waals surface area contributed by atoms with Crippen molar-refractivity contribution in [1.82, 2.24) is 10.6 Å². The fraction of sp³-hybridized carbons (Fsp3) is 0.417. The van der Waals surface area contributed by atoms with E-state index in [-0.39, 0.29) is 44.0 Å². The Morgan fingerprint density at radius 2 is 0.982 bits per heavy atom. The summed E-state index contributed by atoms with van der Waals surface area (Å²) < 4.78 is 9.64. The van der Waals surface area contributed by atoms with Crippen molar-refractivity contribution in [3.63, 3.8) is 0 Å². The number of ether oxygens (including phenoxy) is 2. The molecule has 0 bridgehead atoms.